The summed E-state index contributed by atoms with van der Waals surface area (Å²) in [6.07, 6.45) is 2.12. The zero-order valence-electron chi connectivity index (χ0n) is 5.00. The number of nitrogens with two attached hydrogens (primary N) is 1. The van der Waals surface area contributed by atoms with E-state index in [1.807, 2.05) is 0 Å². The number of rotatable bonds is 2. The number of hydrogen-bond donors (Lipinski definition) is 2. The number of hydrogen-bond acceptors (Lipinski definition) is 2. The summed E-state index contributed by atoms with van der Waals surface area (Å²) < 4.78 is 0. The molecule has 0 amide bonds. The van der Waals surface area contributed by atoms with Crippen LogP contribution in [0.4, 0.5) is 0 Å². The van der Waals surface area contributed by atoms with E-state index in [0.29, 0.717) is 6.42 Å². The summed E-state index contributed by atoms with van der Waals surface area (Å²) in [5.74, 6) is -0.942. The minimum Gasteiger partial charge on any atom is -0.480 e. The number of aliphatic carboxylic acids is 1. The first-order valence-corrected chi connectivity index (χ1v) is 2.76. The largest absolute Gasteiger partial charge is 0.480 e. The summed E-state index contributed by atoms with van der Waals surface area (Å²) in [5, 5.41) is 8.44. The molecule has 0 heterocycles. The van der Waals surface area contributed by atoms with Crippen LogP contribution in [-0.4, -0.2) is 16.6 Å². The fourth-order valence-electron chi connectivity index (χ4n) is 0.845. The van der Waals surface area contributed by atoms with Crippen LogP contribution in [0.3, 0.4) is 0 Å². The zero-order chi connectivity index (χ0) is 7.07. The monoisotopic (exact) mass is 127 g/mol. The standard InChI is InChI=1S/C6H9NO2/c1-2-4-3-6(4,7)5(8)9/h2,4H,1,3,7H2,(H,8,9)/t4-,6?/m1/s1. The second-order valence-corrected chi connectivity index (χ2v) is 2.39. The van der Waals surface area contributed by atoms with Gasteiger partial charge in [-0.2, -0.15) is 0 Å². The van der Waals surface area contributed by atoms with E-state index >= 15 is 0 Å². The molecule has 1 rings (SSSR count). The Labute approximate surface area is 53.2 Å². The van der Waals surface area contributed by atoms with Crippen molar-refractivity contribution in [3.05, 3.63) is 12.7 Å². The Morgan fingerprint density at radius 3 is 2.67 bits per heavy atom. The topological polar surface area (TPSA) is 63.3 Å². The summed E-state index contributed by atoms with van der Waals surface area (Å²) in [6.45, 7) is 3.46. The molecular formula is C6H9NO2. The summed E-state index contributed by atoms with van der Waals surface area (Å²) in [4.78, 5) is 10.3. The van der Waals surface area contributed by atoms with Gasteiger partial charge in [-0.25, -0.2) is 0 Å². The first-order valence-electron chi connectivity index (χ1n) is 2.76. The van der Waals surface area contributed by atoms with Crippen LogP contribution in [0.15, 0.2) is 12.7 Å². The average molecular weight is 127 g/mol. The lowest BCUT2D eigenvalue weighted by molar-refractivity contribution is -0.139. The minimum absolute atomic E-state index is 0.0185. The number of carbonyl (C=O) groups is 1. The van der Waals surface area contributed by atoms with E-state index in [1.165, 1.54) is 0 Å². The maximum Gasteiger partial charge on any atom is 0.324 e. The van der Waals surface area contributed by atoms with E-state index in [-0.39, 0.29) is 5.92 Å². The van der Waals surface area contributed by atoms with Gasteiger partial charge in [-0.3, -0.25) is 4.79 Å². The average Bonchev–Trinajstić information content (AvgIpc) is 2.44. The predicted molar refractivity (Wildman–Crippen MR) is 32.9 cm³/mol. The van der Waals surface area contributed by atoms with Crippen LogP contribution in [0.1, 0.15) is 6.42 Å². The molecule has 3 nitrogen and oxygen atoms in total. The predicted octanol–water partition coefficient (Wildman–Crippen LogP) is -0.0256. The van der Waals surface area contributed by atoms with Gasteiger partial charge in [-0.1, -0.05) is 6.08 Å². The van der Waals surface area contributed by atoms with Crippen LogP contribution in [0.5, 0.6) is 0 Å². The Hall–Kier alpha value is -0.830. The molecule has 1 saturated carbocycles. The Balaban J connectivity index is 2.62. The molecule has 0 aromatic heterocycles. The van der Waals surface area contributed by atoms with Gasteiger partial charge in [0.25, 0.3) is 0 Å². The molecule has 1 fully saturated rings. The second kappa shape index (κ2) is 1.57. The molecule has 3 N–H and O–H groups in total. The molecule has 9 heavy (non-hydrogen) atoms. The SMILES string of the molecule is C=C[C@@H]1CC1(N)C(=O)O. The molecule has 0 aromatic carbocycles. The fourth-order valence-corrected chi connectivity index (χ4v) is 0.845. The molecule has 50 valence electrons. The lowest BCUT2D eigenvalue weighted by Gasteiger charge is -1.99. The highest BCUT2D eigenvalue weighted by molar-refractivity contribution is 5.83. The van der Waals surface area contributed by atoms with E-state index in [2.05, 4.69) is 6.58 Å². The second-order valence-electron chi connectivity index (χ2n) is 2.39. The van der Waals surface area contributed by atoms with Crippen molar-refractivity contribution in [1.82, 2.24) is 0 Å². The van der Waals surface area contributed by atoms with Crippen molar-refractivity contribution in [2.24, 2.45) is 11.7 Å². The van der Waals surface area contributed by atoms with Crippen LogP contribution in [-0.2, 0) is 4.79 Å². The van der Waals surface area contributed by atoms with E-state index in [4.69, 9.17) is 10.8 Å². The fraction of sp³-hybridized carbons (Fsp3) is 0.500. The molecule has 1 aliphatic carbocycles. The van der Waals surface area contributed by atoms with Crippen molar-refractivity contribution >= 4 is 5.97 Å². The molecule has 0 saturated heterocycles. The Morgan fingerprint density at radius 1 is 2.00 bits per heavy atom. The van der Waals surface area contributed by atoms with Gasteiger partial charge in [0, 0.05) is 5.92 Å². The maximum atomic E-state index is 10.3. The normalized spacial score (nSPS) is 39.9. The van der Waals surface area contributed by atoms with E-state index in [9.17, 15) is 4.79 Å². The first kappa shape index (κ1) is 6.29. The van der Waals surface area contributed by atoms with Crippen molar-refractivity contribution in [2.45, 2.75) is 12.0 Å². The molecule has 0 aliphatic heterocycles. The molecule has 0 spiro atoms. The summed E-state index contributed by atoms with van der Waals surface area (Å²) >= 11 is 0. The van der Waals surface area contributed by atoms with E-state index < -0.39 is 11.5 Å². The molecule has 0 bridgehead atoms. The lowest BCUT2D eigenvalue weighted by Crippen LogP contribution is -2.34. The number of carboxylic acid groups (broad SMARTS) is 1. The highest BCUT2D eigenvalue weighted by Crippen LogP contribution is 2.41. The zero-order valence-corrected chi connectivity index (χ0v) is 5.00. The van der Waals surface area contributed by atoms with E-state index in [0.717, 1.165) is 0 Å². The molecule has 0 aromatic rings. The summed E-state index contributed by atoms with van der Waals surface area (Å²) in [5.41, 5.74) is 4.39. The maximum absolute atomic E-state index is 10.3. The summed E-state index contributed by atoms with van der Waals surface area (Å²) in [7, 11) is 0. The summed E-state index contributed by atoms with van der Waals surface area (Å²) in [6, 6.07) is 0. The van der Waals surface area contributed by atoms with Crippen LogP contribution >= 0.6 is 0 Å². The van der Waals surface area contributed by atoms with Gasteiger partial charge in [0.1, 0.15) is 5.54 Å². The third kappa shape index (κ3) is 0.733. The third-order valence-corrected chi connectivity index (χ3v) is 1.74. The highest BCUT2D eigenvalue weighted by Gasteiger charge is 2.55. The van der Waals surface area contributed by atoms with Gasteiger partial charge in [-0.05, 0) is 6.42 Å². The highest BCUT2D eigenvalue weighted by atomic mass is 16.4. The van der Waals surface area contributed by atoms with Gasteiger partial charge in [0.05, 0.1) is 0 Å². The van der Waals surface area contributed by atoms with Crippen LogP contribution in [0.25, 0.3) is 0 Å². The van der Waals surface area contributed by atoms with Crippen molar-refractivity contribution < 1.29 is 9.90 Å². The van der Waals surface area contributed by atoms with Gasteiger partial charge < -0.3 is 10.8 Å². The minimum atomic E-state index is -0.984. The van der Waals surface area contributed by atoms with E-state index in [1.54, 1.807) is 6.08 Å². The van der Waals surface area contributed by atoms with Crippen molar-refractivity contribution in [2.75, 3.05) is 0 Å². The van der Waals surface area contributed by atoms with Gasteiger partial charge in [0.2, 0.25) is 0 Å². The smallest absolute Gasteiger partial charge is 0.324 e. The van der Waals surface area contributed by atoms with Crippen LogP contribution in [0, 0.1) is 5.92 Å². The Morgan fingerprint density at radius 2 is 2.56 bits per heavy atom. The quantitative estimate of drug-likeness (QED) is 0.512. The molecule has 2 atom stereocenters. The van der Waals surface area contributed by atoms with Gasteiger partial charge >= 0.3 is 5.97 Å². The molecular weight excluding hydrogens is 118 g/mol. The molecule has 0 radical (unpaired) electrons. The van der Waals surface area contributed by atoms with Crippen molar-refractivity contribution in [3.8, 4) is 0 Å². The first-order chi connectivity index (χ1) is 4.11. The lowest BCUT2D eigenvalue weighted by atomic mass is 10.2. The molecule has 1 unspecified atom stereocenters. The number of carboxylic acids is 1. The van der Waals surface area contributed by atoms with Crippen LogP contribution in [0.2, 0.25) is 0 Å². The van der Waals surface area contributed by atoms with Gasteiger partial charge in [-0.15, -0.1) is 6.58 Å². The Bertz CT molecular complexity index is 166. The molecule has 1 aliphatic rings. The van der Waals surface area contributed by atoms with Crippen molar-refractivity contribution in [3.63, 3.8) is 0 Å². The van der Waals surface area contributed by atoms with Crippen molar-refractivity contribution in [1.29, 1.82) is 0 Å². The van der Waals surface area contributed by atoms with Gasteiger partial charge in [0.15, 0.2) is 0 Å². The Kier molecular flexibility index (Phi) is 1.10. The third-order valence-electron chi connectivity index (χ3n) is 1.74. The van der Waals surface area contributed by atoms with Crippen LogP contribution < -0.4 is 5.73 Å². The molecule has 3 heteroatoms.